The van der Waals surface area contributed by atoms with E-state index >= 15 is 0 Å². The lowest BCUT2D eigenvalue weighted by Gasteiger charge is -2.34. The summed E-state index contributed by atoms with van der Waals surface area (Å²) in [7, 11) is 1.48. The average molecular weight is 459 g/mol. The molecule has 0 radical (unpaired) electrons. The van der Waals surface area contributed by atoms with Gasteiger partial charge in [0.25, 0.3) is 5.91 Å². The minimum absolute atomic E-state index is 0.0536. The first-order chi connectivity index (χ1) is 16.6. The number of phenols is 1. The largest absolute Gasteiger partial charge is 0.504 e. The monoisotopic (exact) mass is 458 g/mol. The first-order valence-corrected chi connectivity index (χ1v) is 11.4. The molecule has 3 aromatic carbocycles. The van der Waals surface area contributed by atoms with Crippen molar-refractivity contribution in [3.05, 3.63) is 95.1 Å². The van der Waals surface area contributed by atoms with Gasteiger partial charge in [-0.15, -0.1) is 0 Å². The Morgan fingerprint density at radius 3 is 2.18 bits per heavy atom. The Kier molecular flexibility index (Phi) is 7.91. The number of carbonyl (C=O) groups is 1. The molecule has 0 aliphatic carbocycles. The molecule has 34 heavy (non-hydrogen) atoms. The summed E-state index contributed by atoms with van der Waals surface area (Å²) in [5.41, 5.74) is 6.34. The fourth-order valence-corrected chi connectivity index (χ4v) is 3.97. The van der Waals surface area contributed by atoms with Gasteiger partial charge in [-0.25, -0.2) is 5.43 Å². The predicted octanol–water partition coefficient (Wildman–Crippen LogP) is 3.48. The summed E-state index contributed by atoms with van der Waals surface area (Å²) < 4.78 is 5.07. The number of amides is 1. The number of aromatic hydroxyl groups is 1. The van der Waals surface area contributed by atoms with E-state index in [1.165, 1.54) is 30.5 Å². The Balaban J connectivity index is 1.23. The summed E-state index contributed by atoms with van der Waals surface area (Å²) >= 11 is 0. The van der Waals surface area contributed by atoms with Crippen LogP contribution in [-0.4, -0.2) is 60.3 Å². The van der Waals surface area contributed by atoms with Crippen LogP contribution in [0.4, 0.5) is 0 Å². The van der Waals surface area contributed by atoms with Crippen LogP contribution in [0.25, 0.3) is 0 Å². The molecular formula is C27H30N4O3. The van der Waals surface area contributed by atoms with Crippen LogP contribution in [0, 0.1) is 0 Å². The third-order valence-corrected chi connectivity index (χ3v) is 5.92. The van der Waals surface area contributed by atoms with Gasteiger partial charge in [-0.3, -0.25) is 14.6 Å². The zero-order chi connectivity index (χ0) is 23.8. The lowest BCUT2D eigenvalue weighted by molar-refractivity contribution is 0.0955. The van der Waals surface area contributed by atoms with E-state index in [1.807, 2.05) is 24.3 Å². The molecule has 0 unspecified atom stereocenters. The quantitative estimate of drug-likeness (QED) is 0.399. The van der Waals surface area contributed by atoms with E-state index in [0.717, 1.165) is 39.3 Å². The minimum atomic E-state index is -0.275. The van der Waals surface area contributed by atoms with Gasteiger partial charge in [0.05, 0.1) is 13.3 Å². The van der Waals surface area contributed by atoms with Crippen molar-refractivity contribution in [3.63, 3.8) is 0 Å². The highest BCUT2D eigenvalue weighted by atomic mass is 16.5. The molecule has 2 N–H and O–H groups in total. The van der Waals surface area contributed by atoms with Crippen molar-refractivity contribution in [2.75, 3.05) is 33.3 Å². The summed E-state index contributed by atoms with van der Waals surface area (Å²) in [6, 6.07) is 23.1. The summed E-state index contributed by atoms with van der Waals surface area (Å²) in [5, 5.41) is 13.6. The highest BCUT2D eigenvalue weighted by Gasteiger charge is 2.17. The number of phenolic OH excluding ortho intramolecular Hbond substituents is 1. The Labute approximate surface area is 200 Å². The fourth-order valence-electron chi connectivity index (χ4n) is 3.97. The Morgan fingerprint density at radius 1 is 0.941 bits per heavy atom. The maximum absolute atomic E-state index is 12.4. The molecule has 0 bridgehead atoms. The van der Waals surface area contributed by atoms with Crippen LogP contribution >= 0.6 is 0 Å². The van der Waals surface area contributed by atoms with Crippen LogP contribution in [-0.2, 0) is 13.1 Å². The van der Waals surface area contributed by atoms with Gasteiger partial charge >= 0.3 is 0 Å². The number of hydrogen-bond acceptors (Lipinski definition) is 6. The van der Waals surface area contributed by atoms with Crippen molar-refractivity contribution >= 4 is 12.1 Å². The Bertz CT molecular complexity index is 1110. The molecule has 1 fully saturated rings. The van der Waals surface area contributed by atoms with Gasteiger partial charge < -0.3 is 9.84 Å². The number of methoxy groups -OCH3 is 1. The molecule has 0 aromatic heterocycles. The maximum Gasteiger partial charge on any atom is 0.271 e. The van der Waals surface area contributed by atoms with Crippen molar-refractivity contribution < 1.29 is 14.6 Å². The number of hydrazone groups is 1. The molecule has 7 nitrogen and oxygen atoms in total. The van der Waals surface area contributed by atoms with Gasteiger partial charge in [0.15, 0.2) is 11.5 Å². The lowest BCUT2D eigenvalue weighted by atomic mass is 10.1. The third kappa shape index (κ3) is 6.43. The smallest absolute Gasteiger partial charge is 0.271 e. The molecule has 3 aromatic rings. The summed E-state index contributed by atoms with van der Waals surface area (Å²) in [6.45, 7) is 6.06. The number of ether oxygens (including phenoxy) is 1. The average Bonchev–Trinajstić information content (AvgIpc) is 2.87. The minimum Gasteiger partial charge on any atom is -0.504 e. The van der Waals surface area contributed by atoms with Crippen LogP contribution in [0.1, 0.15) is 27.0 Å². The molecule has 1 heterocycles. The number of rotatable bonds is 8. The number of benzene rings is 3. The zero-order valence-electron chi connectivity index (χ0n) is 19.4. The first kappa shape index (κ1) is 23.5. The second-order valence-electron chi connectivity index (χ2n) is 8.37. The summed E-state index contributed by atoms with van der Waals surface area (Å²) in [5.74, 6) is 0.129. The number of hydrogen-bond donors (Lipinski definition) is 2. The van der Waals surface area contributed by atoms with Crippen LogP contribution in [0.3, 0.4) is 0 Å². The maximum atomic E-state index is 12.4. The van der Waals surface area contributed by atoms with Crippen LogP contribution in [0.2, 0.25) is 0 Å². The molecule has 0 saturated carbocycles. The van der Waals surface area contributed by atoms with Gasteiger partial charge in [0.2, 0.25) is 0 Å². The molecule has 7 heteroatoms. The lowest BCUT2D eigenvalue weighted by Crippen LogP contribution is -2.45. The number of carbonyl (C=O) groups excluding carboxylic acids is 1. The standard InChI is InChI=1S/C27H30N4O3/c1-34-26-17-23(9-12-25(26)32)18-28-29-27(33)24-10-7-22(8-11-24)20-31-15-13-30(14-16-31)19-21-5-3-2-4-6-21/h2-12,17-18,32H,13-16,19-20H2,1H3,(H,29,33)/b28-18-. The van der Waals surface area contributed by atoms with Crippen molar-refractivity contribution in [3.8, 4) is 11.5 Å². The normalized spacial score (nSPS) is 14.9. The second-order valence-corrected chi connectivity index (χ2v) is 8.37. The molecule has 1 aliphatic heterocycles. The molecule has 0 spiro atoms. The van der Waals surface area contributed by atoms with E-state index in [2.05, 4.69) is 50.7 Å². The molecular weight excluding hydrogens is 428 g/mol. The third-order valence-electron chi connectivity index (χ3n) is 5.92. The van der Waals surface area contributed by atoms with Gasteiger partial charge in [-0.2, -0.15) is 5.10 Å². The van der Waals surface area contributed by atoms with Crippen LogP contribution < -0.4 is 10.2 Å². The number of nitrogens with zero attached hydrogens (tertiary/aromatic N) is 3. The van der Waals surface area contributed by atoms with Crippen molar-refractivity contribution in [2.24, 2.45) is 5.10 Å². The second kappa shape index (κ2) is 11.4. The van der Waals surface area contributed by atoms with E-state index in [9.17, 15) is 9.90 Å². The fraction of sp³-hybridized carbons (Fsp3) is 0.259. The van der Waals surface area contributed by atoms with E-state index in [-0.39, 0.29) is 11.7 Å². The molecule has 4 rings (SSSR count). The van der Waals surface area contributed by atoms with Gasteiger partial charge in [0, 0.05) is 44.8 Å². The topological polar surface area (TPSA) is 77.4 Å². The number of nitrogens with one attached hydrogen (secondary N) is 1. The van der Waals surface area contributed by atoms with Gasteiger partial charge in [0.1, 0.15) is 0 Å². The van der Waals surface area contributed by atoms with Crippen molar-refractivity contribution in [2.45, 2.75) is 13.1 Å². The molecule has 0 atom stereocenters. The summed E-state index contributed by atoms with van der Waals surface area (Å²) in [6.07, 6.45) is 1.51. The SMILES string of the molecule is COc1cc(/C=N\NC(=O)c2ccc(CN3CCN(Cc4ccccc4)CC3)cc2)ccc1O. The Morgan fingerprint density at radius 2 is 1.56 bits per heavy atom. The zero-order valence-corrected chi connectivity index (χ0v) is 19.4. The number of piperazine rings is 1. The van der Waals surface area contributed by atoms with Crippen LogP contribution in [0.15, 0.2) is 77.9 Å². The summed E-state index contributed by atoms with van der Waals surface area (Å²) in [4.78, 5) is 17.3. The molecule has 1 aliphatic rings. The molecule has 176 valence electrons. The van der Waals surface area contributed by atoms with Crippen LogP contribution in [0.5, 0.6) is 11.5 Å². The van der Waals surface area contributed by atoms with Gasteiger partial charge in [-0.05, 0) is 47.0 Å². The Hall–Kier alpha value is -3.68. The predicted molar refractivity (Wildman–Crippen MR) is 133 cm³/mol. The van der Waals surface area contributed by atoms with E-state index < -0.39 is 0 Å². The van der Waals surface area contributed by atoms with E-state index in [4.69, 9.17) is 4.74 Å². The highest BCUT2D eigenvalue weighted by molar-refractivity contribution is 5.94. The molecule has 1 saturated heterocycles. The first-order valence-electron chi connectivity index (χ1n) is 11.4. The van der Waals surface area contributed by atoms with E-state index in [1.54, 1.807) is 12.1 Å². The highest BCUT2D eigenvalue weighted by Crippen LogP contribution is 2.25. The van der Waals surface area contributed by atoms with E-state index in [0.29, 0.717) is 16.9 Å². The van der Waals surface area contributed by atoms with Crippen molar-refractivity contribution in [1.29, 1.82) is 0 Å². The molecule has 1 amide bonds. The van der Waals surface area contributed by atoms with Crippen molar-refractivity contribution in [1.82, 2.24) is 15.2 Å². The van der Waals surface area contributed by atoms with Gasteiger partial charge in [-0.1, -0.05) is 42.5 Å².